The predicted octanol–water partition coefficient (Wildman–Crippen LogP) is 15.4. The van der Waals surface area contributed by atoms with E-state index in [0.29, 0.717) is 0 Å². The van der Waals surface area contributed by atoms with E-state index in [9.17, 15) is 0 Å². The molecule has 61 heavy (non-hydrogen) atoms. The van der Waals surface area contributed by atoms with Crippen molar-refractivity contribution in [1.29, 1.82) is 0 Å². The molecule has 0 unspecified atom stereocenters. The van der Waals surface area contributed by atoms with Gasteiger partial charge in [-0.05, 0) is 97.7 Å². The molecule has 0 radical (unpaired) electrons. The van der Waals surface area contributed by atoms with Crippen molar-refractivity contribution in [2.75, 3.05) is 0 Å². The molecule has 0 amide bonds. The Bertz CT molecular complexity index is 3590. The minimum Gasteiger partial charge on any atom is -0.309 e. The molecule has 3 heteroatoms. The lowest BCUT2D eigenvalue weighted by Gasteiger charge is -2.11. The van der Waals surface area contributed by atoms with Crippen molar-refractivity contribution >= 4 is 54.4 Å². The third kappa shape index (κ3) is 5.98. The molecule has 2 aromatic heterocycles. The molecule has 284 valence electrons. The highest BCUT2D eigenvalue weighted by molar-refractivity contribution is 6.23. The predicted molar refractivity (Wildman–Crippen MR) is 256 cm³/mol. The van der Waals surface area contributed by atoms with Crippen LogP contribution in [-0.4, -0.2) is 14.5 Å². The van der Waals surface area contributed by atoms with Crippen molar-refractivity contribution < 1.29 is 0 Å². The second kappa shape index (κ2) is 14.3. The molecule has 0 N–H and O–H groups in total. The number of nitrogens with zero attached hydrogens (tertiary/aromatic N) is 3. The first-order chi connectivity index (χ1) is 30.2. The fourth-order valence-corrected chi connectivity index (χ4v) is 9.22. The third-order valence-corrected chi connectivity index (χ3v) is 12.2. The average Bonchev–Trinajstić information content (AvgIpc) is 3.68. The van der Waals surface area contributed by atoms with Crippen LogP contribution < -0.4 is 0 Å². The Hall–Kier alpha value is -8.14. The van der Waals surface area contributed by atoms with Crippen LogP contribution in [0.4, 0.5) is 0 Å². The lowest BCUT2D eigenvalue weighted by Crippen LogP contribution is -1.93. The molecular weight excluding hydrogens is 739 g/mol. The van der Waals surface area contributed by atoms with Crippen LogP contribution >= 0.6 is 0 Å². The summed E-state index contributed by atoms with van der Waals surface area (Å²) in [5, 5.41) is 7.14. The molecule has 0 aliphatic carbocycles. The molecule has 0 saturated carbocycles. The number of para-hydroxylation sites is 1. The summed E-state index contributed by atoms with van der Waals surface area (Å²) >= 11 is 0. The Labute approximate surface area is 353 Å². The normalized spacial score (nSPS) is 11.6. The molecule has 0 atom stereocenters. The van der Waals surface area contributed by atoms with Crippen LogP contribution in [0.3, 0.4) is 0 Å². The Balaban J connectivity index is 0.850. The van der Waals surface area contributed by atoms with E-state index < -0.39 is 0 Å². The van der Waals surface area contributed by atoms with E-state index in [1.54, 1.807) is 0 Å². The van der Waals surface area contributed by atoms with Gasteiger partial charge >= 0.3 is 0 Å². The van der Waals surface area contributed by atoms with Gasteiger partial charge in [0.2, 0.25) is 0 Å². The van der Waals surface area contributed by atoms with Gasteiger partial charge in [0, 0.05) is 32.8 Å². The van der Waals surface area contributed by atoms with Crippen molar-refractivity contribution in [2.24, 2.45) is 0 Å². The fraction of sp³-hybridized carbons (Fsp3) is 0. The Morgan fingerprint density at radius 2 is 0.721 bits per heavy atom. The SMILES string of the molecule is c1ccc(-c2ccc(-n3c4ccccc4c4cc(-c5cccc(-c6ccc(-c7cccc(-c8cnc9c%10ccccc%10c%10ccccc%10c9n8)c7)cc6)c5)ccc43)cc2)cc1. The number of rotatable bonds is 6. The molecule has 0 spiro atoms. The van der Waals surface area contributed by atoms with Crippen LogP contribution in [0.15, 0.2) is 225 Å². The molecule has 0 bridgehead atoms. The summed E-state index contributed by atoms with van der Waals surface area (Å²) in [5.41, 5.74) is 16.8. The summed E-state index contributed by atoms with van der Waals surface area (Å²) in [6.07, 6.45) is 1.92. The highest BCUT2D eigenvalue weighted by atomic mass is 15.0. The van der Waals surface area contributed by atoms with E-state index in [4.69, 9.17) is 9.97 Å². The summed E-state index contributed by atoms with van der Waals surface area (Å²) in [6, 6.07) is 78.5. The molecule has 0 fully saturated rings. The Morgan fingerprint density at radius 1 is 0.279 bits per heavy atom. The van der Waals surface area contributed by atoms with E-state index >= 15 is 0 Å². The molecule has 12 rings (SSSR count). The second-order valence-electron chi connectivity index (χ2n) is 15.8. The first kappa shape index (κ1) is 34.9. The molecule has 3 nitrogen and oxygen atoms in total. The van der Waals surface area contributed by atoms with Gasteiger partial charge in [-0.15, -0.1) is 0 Å². The smallest absolute Gasteiger partial charge is 0.0979 e. The van der Waals surface area contributed by atoms with E-state index in [-0.39, 0.29) is 0 Å². The topological polar surface area (TPSA) is 30.7 Å². The number of aromatic nitrogens is 3. The van der Waals surface area contributed by atoms with Crippen molar-refractivity contribution in [3.63, 3.8) is 0 Å². The van der Waals surface area contributed by atoms with Gasteiger partial charge in [0.05, 0.1) is 34.0 Å². The van der Waals surface area contributed by atoms with Gasteiger partial charge in [-0.2, -0.15) is 0 Å². The highest BCUT2D eigenvalue weighted by Gasteiger charge is 2.15. The van der Waals surface area contributed by atoms with Gasteiger partial charge < -0.3 is 4.57 Å². The zero-order valence-corrected chi connectivity index (χ0v) is 33.2. The summed E-state index contributed by atoms with van der Waals surface area (Å²) in [7, 11) is 0. The third-order valence-electron chi connectivity index (χ3n) is 12.2. The highest BCUT2D eigenvalue weighted by Crippen LogP contribution is 2.38. The number of fused-ring (bicyclic) bond motifs is 9. The zero-order chi connectivity index (χ0) is 40.3. The van der Waals surface area contributed by atoms with Crippen LogP contribution in [0.5, 0.6) is 0 Å². The van der Waals surface area contributed by atoms with Gasteiger partial charge in [0.1, 0.15) is 0 Å². The first-order valence-corrected chi connectivity index (χ1v) is 20.8. The number of hydrogen-bond donors (Lipinski definition) is 0. The van der Waals surface area contributed by atoms with Crippen molar-refractivity contribution in [3.05, 3.63) is 225 Å². The molecular formula is C58H37N3. The maximum absolute atomic E-state index is 5.24. The zero-order valence-electron chi connectivity index (χ0n) is 33.2. The number of benzene rings is 10. The maximum Gasteiger partial charge on any atom is 0.0979 e. The van der Waals surface area contributed by atoms with E-state index in [2.05, 4.69) is 223 Å². The average molecular weight is 776 g/mol. The van der Waals surface area contributed by atoms with Crippen molar-refractivity contribution in [1.82, 2.24) is 14.5 Å². The fourth-order valence-electron chi connectivity index (χ4n) is 9.22. The first-order valence-electron chi connectivity index (χ1n) is 20.8. The second-order valence-corrected chi connectivity index (χ2v) is 15.8. The van der Waals surface area contributed by atoms with E-state index in [0.717, 1.165) is 49.9 Å². The van der Waals surface area contributed by atoms with E-state index in [1.807, 2.05) is 6.20 Å². The summed E-state index contributed by atoms with van der Waals surface area (Å²) in [6.45, 7) is 0. The molecule has 0 saturated heterocycles. The molecule has 0 aliphatic heterocycles. The van der Waals surface area contributed by atoms with Gasteiger partial charge in [-0.1, -0.05) is 176 Å². The van der Waals surface area contributed by atoms with Gasteiger partial charge in [0.15, 0.2) is 0 Å². The summed E-state index contributed by atoms with van der Waals surface area (Å²) < 4.78 is 2.38. The van der Waals surface area contributed by atoms with E-state index in [1.165, 1.54) is 66.0 Å². The molecule has 12 aromatic rings. The molecule has 10 aromatic carbocycles. The van der Waals surface area contributed by atoms with Crippen molar-refractivity contribution in [3.8, 4) is 61.5 Å². The standard InChI is InChI=1S/C58H37N3/c1-2-12-38(13-3-1)39-28-31-47(32-29-39)61-55-23-9-8-20-50(55)53-36-45(30-33-56(53)61)44-16-10-14-42(34-44)40-24-26-41(27-25-40)43-15-11-17-46(35-43)54-37-59-57-51-21-6-4-18-48(51)49-19-5-7-22-52(49)58(57)60-54/h1-37H. The van der Waals surface area contributed by atoms with Crippen LogP contribution in [0.2, 0.25) is 0 Å². The molecule has 0 aliphatic rings. The lowest BCUT2D eigenvalue weighted by atomic mass is 9.96. The maximum atomic E-state index is 5.24. The summed E-state index contributed by atoms with van der Waals surface area (Å²) in [5.74, 6) is 0. The Morgan fingerprint density at radius 3 is 1.41 bits per heavy atom. The van der Waals surface area contributed by atoms with Crippen LogP contribution in [0, 0.1) is 0 Å². The molecule has 2 heterocycles. The monoisotopic (exact) mass is 775 g/mol. The van der Waals surface area contributed by atoms with Crippen LogP contribution in [0.1, 0.15) is 0 Å². The van der Waals surface area contributed by atoms with Gasteiger partial charge in [-0.25, -0.2) is 4.98 Å². The Kier molecular flexibility index (Phi) is 8.17. The largest absolute Gasteiger partial charge is 0.309 e. The summed E-state index contributed by atoms with van der Waals surface area (Å²) in [4.78, 5) is 10.2. The van der Waals surface area contributed by atoms with Gasteiger partial charge in [0.25, 0.3) is 0 Å². The number of hydrogen-bond acceptors (Lipinski definition) is 2. The minimum atomic E-state index is 0.864. The van der Waals surface area contributed by atoms with Gasteiger partial charge in [-0.3, -0.25) is 4.98 Å². The van der Waals surface area contributed by atoms with Crippen LogP contribution in [-0.2, 0) is 0 Å². The van der Waals surface area contributed by atoms with Crippen molar-refractivity contribution in [2.45, 2.75) is 0 Å². The quantitative estimate of drug-likeness (QED) is 0.158. The lowest BCUT2D eigenvalue weighted by molar-refractivity contribution is 1.18. The minimum absolute atomic E-state index is 0.864. The van der Waals surface area contributed by atoms with Crippen LogP contribution in [0.25, 0.3) is 116 Å².